The first-order valence-corrected chi connectivity index (χ1v) is 7.04. The monoisotopic (exact) mass is 289 g/mol. The summed E-state index contributed by atoms with van der Waals surface area (Å²) >= 11 is 4.96. The smallest absolute Gasteiger partial charge is 0.221 e. The highest BCUT2D eigenvalue weighted by molar-refractivity contribution is 9.09. The van der Waals surface area contributed by atoms with Crippen LogP contribution in [-0.2, 0) is 4.79 Å². The summed E-state index contributed by atoms with van der Waals surface area (Å²) in [6.07, 6.45) is 0.536. The number of amides is 1. The van der Waals surface area contributed by atoms with Gasteiger partial charge in [-0.05, 0) is 17.4 Å². The van der Waals surface area contributed by atoms with Gasteiger partial charge in [0, 0.05) is 16.6 Å². The van der Waals surface area contributed by atoms with Gasteiger partial charge in [0.2, 0.25) is 5.91 Å². The van der Waals surface area contributed by atoms with Crippen LogP contribution < -0.4 is 5.32 Å². The standard InChI is InChI=1S/C11H16BrNOS/c1-8(2)11(9-4-3-7-15-9)13-10(14)5-6-12/h3-4,7-8,11H,5-6H2,1-2H3,(H,13,14). The zero-order valence-corrected chi connectivity index (χ0v) is 11.4. The molecular weight excluding hydrogens is 274 g/mol. The molecule has 0 aromatic carbocycles. The third-order valence-electron chi connectivity index (χ3n) is 2.15. The Kier molecular flexibility index (Phi) is 5.32. The second kappa shape index (κ2) is 6.28. The van der Waals surface area contributed by atoms with Gasteiger partial charge in [0.05, 0.1) is 6.04 Å². The molecule has 0 saturated heterocycles. The molecule has 0 aliphatic rings. The molecule has 1 unspecified atom stereocenters. The molecule has 1 N–H and O–H groups in total. The van der Waals surface area contributed by atoms with E-state index in [4.69, 9.17) is 0 Å². The summed E-state index contributed by atoms with van der Waals surface area (Å²) in [5.74, 6) is 0.530. The van der Waals surface area contributed by atoms with Gasteiger partial charge >= 0.3 is 0 Å². The molecule has 0 spiro atoms. The zero-order chi connectivity index (χ0) is 11.3. The first-order chi connectivity index (χ1) is 7.15. The van der Waals surface area contributed by atoms with Gasteiger partial charge in [-0.25, -0.2) is 0 Å². The van der Waals surface area contributed by atoms with E-state index < -0.39 is 0 Å². The molecule has 1 heterocycles. The molecule has 0 bridgehead atoms. The maximum absolute atomic E-state index is 11.5. The van der Waals surface area contributed by atoms with E-state index in [-0.39, 0.29) is 11.9 Å². The SMILES string of the molecule is CC(C)C(NC(=O)CCBr)c1cccs1. The zero-order valence-electron chi connectivity index (χ0n) is 9.00. The number of alkyl halides is 1. The number of rotatable bonds is 5. The van der Waals surface area contributed by atoms with Crippen LogP contribution in [0, 0.1) is 5.92 Å². The Balaban J connectivity index is 2.64. The fourth-order valence-electron chi connectivity index (χ4n) is 1.37. The van der Waals surface area contributed by atoms with E-state index in [2.05, 4.69) is 41.2 Å². The number of carbonyl (C=O) groups excluding carboxylic acids is 1. The molecule has 1 rings (SSSR count). The Bertz CT molecular complexity index is 298. The first-order valence-electron chi connectivity index (χ1n) is 5.04. The van der Waals surface area contributed by atoms with Crippen molar-refractivity contribution in [1.82, 2.24) is 5.32 Å². The van der Waals surface area contributed by atoms with Crippen LogP contribution in [0.15, 0.2) is 17.5 Å². The number of hydrogen-bond donors (Lipinski definition) is 1. The van der Waals surface area contributed by atoms with Crippen LogP contribution in [-0.4, -0.2) is 11.2 Å². The predicted molar refractivity (Wildman–Crippen MR) is 68.5 cm³/mol. The minimum absolute atomic E-state index is 0.110. The highest BCUT2D eigenvalue weighted by atomic mass is 79.9. The molecule has 0 aliphatic carbocycles. The lowest BCUT2D eigenvalue weighted by molar-refractivity contribution is -0.121. The molecule has 84 valence electrons. The number of nitrogens with one attached hydrogen (secondary N) is 1. The minimum atomic E-state index is 0.110. The van der Waals surface area contributed by atoms with Crippen LogP contribution in [0.25, 0.3) is 0 Å². The van der Waals surface area contributed by atoms with Gasteiger partial charge in [-0.2, -0.15) is 0 Å². The summed E-state index contributed by atoms with van der Waals surface area (Å²) in [7, 11) is 0. The van der Waals surface area contributed by atoms with Gasteiger partial charge in [-0.15, -0.1) is 11.3 Å². The van der Waals surface area contributed by atoms with E-state index in [1.165, 1.54) is 4.88 Å². The maximum atomic E-state index is 11.5. The van der Waals surface area contributed by atoms with E-state index in [0.717, 1.165) is 0 Å². The van der Waals surface area contributed by atoms with E-state index >= 15 is 0 Å². The van der Waals surface area contributed by atoms with Crippen molar-refractivity contribution >= 4 is 33.2 Å². The Morgan fingerprint density at radius 1 is 1.60 bits per heavy atom. The van der Waals surface area contributed by atoms with Crippen LogP contribution in [0.3, 0.4) is 0 Å². The first kappa shape index (κ1) is 12.7. The van der Waals surface area contributed by atoms with Crippen LogP contribution in [0.4, 0.5) is 0 Å². The number of hydrogen-bond acceptors (Lipinski definition) is 2. The normalized spacial score (nSPS) is 12.8. The van der Waals surface area contributed by atoms with Crippen LogP contribution in [0.2, 0.25) is 0 Å². The average Bonchev–Trinajstić information content (AvgIpc) is 2.66. The van der Waals surface area contributed by atoms with Crippen molar-refractivity contribution < 1.29 is 4.79 Å². The van der Waals surface area contributed by atoms with Gasteiger partial charge in [0.15, 0.2) is 0 Å². The van der Waals surface area contributed by atoms with Crippen molar-refractivity contribution in [2.75, 3.05) is 5.33 Å². The van der Waals surface area contributed by atoms with Crippen molar-refractivity contribution in [2.45, 2.75) is 26.3 Å². The van der Waals surface area contributed by atoms with Crippen molar-refractivity contribution in [3.63, 3.8) is 0 Å². The lowest BCUT2D eigenvalue weighted by atomic mass is 10.0. The summed E-state index contributed by atoms with van der Waals surface area (Å²) in [5.41, 5.74) is 0. The highest BCUT2D eigenvalue weighted by Gasteiger charge is 2.18. The van der Waals surface area contributed by atoms with Gasteiger partial charge < -0.3 is 5.32 Å². The summed E-state index contributed by atoms with van der Waals surface area (Å²) in [4.78, 5) is 12.7. The summed E-state index contributed by atoms with van der Waals surface area (Å²) in [5, 5.41) is 5.82. The molecule has 1 amide bonds. The molecule has 1 aromatic heterocycles. The lowest BCUT2D eigenvalue weighted by Gasteiger charge is -2.21. The van der Waals surface area contributed by atoms with Crippen molar-refractivity contribution in [2.24, 2.45) is 5.92 Å². The Morgan fingerprint density at radius 3 is 2.80 bits per heavy atom. The second-order valence-corrected chi connectivity index (χ2v) is 5.52. The number of carbonyl (C=O) groups is 1. The predicted octanol–water partition coefficient (Wildman–Crippen LogP) is 3.35. The third-order valence-corrected chi connectivity index (χ3v) is 3.51. The fourth-order valence-corrected chi connectivity index (χ4v) is 2.68. The quantitative estimate of drug-likeness (QED) is 0.828. The van der Waals surface area contributed by atoms with Gasteiger partial charge in [-0.1, -0.05) is 35.8 Å². The molecule has 0 aliphatic heterocycles. The molecule has 1 atom stereocenters. The summed E-state index contributed by atoms with van der Waals surface area (Å²) < 4.78 is 0. The Morgan fingerprint density at radius 2 is 2.33 bits per heavy atom. The molecule has 1 aromatic rings. The Hall–Kier alpha value is -0.350. The van der Waals surface area contributed by atoms with E-state index in [1.54, 1.807) is 11.3 Å². The van der Waals surface area contributed by atoms with Crippen LogP contribution in [0.5, 0.6) is 0 Å². The van der Waals surface area contributed by atoms with E-state index in [0.29, 0.717) is 17.7 Å². The number of halogens is 1. The summed E-state index contributed by atoms with van der Waals surface area (Å²) in [6, 6.07) is 4.24. The molecule has 15 heavy (non-hydrogen) atoms. The van der Waals surface area contributed by atoms with Gasteiger partial charge in [0.25, 0.3) is 0 Å². The Labute approximate surface area is 103 Å². The highest BCUT2D eigenvalue weighted by Crippen LogP contribution is 2.25. The molecule has 4 heteroatoms. The number of thiophene rings is 1. The van der Waals surface area contributed by atoms with E-state index in [9.17, 15) is 4.79 Å². The molecule has 0 fully saturated rings. The largest absolute Gasteiger partial charge is 0.348 e. The molecule has 0 radical (unpaired) electrons. The van der Waals surface area contributed by atoms with Crippen molar-refractivity contribution in [3.05, 3.63) is 22.4 Å². The average molecular weight is 290 g/mol. The van der Waals surface area contributed by atoms with Crippen LogP contribution in [0.1, 0.15) is 31.2 Å². The van der Waals surface area contributed by atoms with Crippen molar-refractivity contribution in [1.29, 1.82) is 0 Å². The maximum Gasteiger partial charge on any atom is 0.221 e. The van der Waals surface area contributed by atoms with E-state index in [1.807, 2.05) is 11.4 Å². The summed E-state index contributed by atoms with van der Waals surface area (Å²) in [6.45, 7) is 4.25. The minimum Gasteiger partial charge on any atom is -0.348 e. The molecular formula is C11H16BrNOS. The third kappa shape index (κ3) is 3.95. The van der Waals surface area contributed by atoms with Crippen LogP contribution >= 0.6 is 27.3 Å². The van der Waals surface area contributed by atoms with Crippen molar-refractivity contribution in [3.8, 4) is 0 Å². The molecule has 0 saturated carbocycles. The fraction of sp³-hybridized carbons (Fsp3) is 0.545. The lowest BCUT2D eigenvalue weighted by Crippen LogP contribution is -2.31. The topological polar surface area (TPSA) is 29.1 Å². The molecule has 2 nitrogen and oxygen atoms in total. The second-order valence-electron chi connectivity index (χ2n) is 3.74. The van der Waals surface area contributed by atoms with Gasteiger partial charge in [0.1, 0.15) is 0 Å². The van der Waals surface area contributed by atoms with Gasteiger partial charge in [-0.3, -0.25) is 4.79 Å².